The van der Waals surface area contributed by atoms with Gasteiger partial charge in [-0.15, -0.1) is 0 Å². The highest BCUT2D eigenvalue weighted by Crippen LogP contribution is 2.23. The van der Waals surface area contributed by atoms with Gasteiger partial charge in [-0.3, -0.25) is 9.97 Å². The molecule has 0 saturated heterocycles. The van der Waals surface area contributed by atoms with E-state index in [9.17, 15) is 0 Å². The fourth-order valence-corrected chi connectivity index (χ4v) is 2.03. The molecule has 19 heavy (non-hydrogen) atoms. The highest BCUT2D eigenvalue weighted by atomic mass is 14.7. The number of aryl methyl sites for hydroxylation is 1. The van der Waals surface area contributed by atoms with Crippen molar-refractivity contribution in [2.45, 2.75) is 6.92 Å². The lowest BCUT2D eigenvalue weighted by molar-refractivity contribution is 1.30. The zero-order valence-electron chi connectivity index (χ0n) is 10.7. The largest absolute Gasteiger partial charge is 0.264 e. The van der Waals surface area contributed by atoms with Crippen LogP contribution in [0.1, 0.15) is 5.56 Å². The molecule has 0 unspecified atom stereocenters. The van der Waals surface area contributed by atoms with Gasteiger partial charge in [0.1, 0.15) is 0 Å². The maximum Gasteiger partial charge on any atom is 0.0708 e. The fraction of sp³-hybridized carbons (Fsp3) is 0.0588. The molecule has 0 fully saturated rings. The summed E-state index contributed by atoms with van der Waals surface area (Å²) in [5.74, 6) is 0. The van der Waals surface area contributed by atoms with Crippen molar-refractivity contribution >= 4 is 0 Å². The summed E-state index contributed by atoms with van der Waals surface area (Å²) in [6, 6.07) is 16.5. The highest BCUT2D eigenvalue weighted by Gasteiger charge is 2.02. The quantitative estimate of drug-likeness (QED) is 0.679. The molecule has 3 rings (SSSR count). The number of hydrogen-bond acceptors (Lipinski definition) is 2. The highest BCUT2D eigenvalue weighted by molar-refractivity contribution is 5.69. The molecule has 0 N–H and O–H groups in total. The van der Waals surface area contributed by atoms with Crippen LogP contribution in [0, 0.1) is 6.92 Å². The van der Waals surface area contributed by atoms with Crippen molar-refractivity contribution < 1.29 is 0 Å². The van der Waals surface area contributed by atoms with Gasteiger partial charge >= 0.3 is 0 Å². The Morgan fingerprint density at radius 2 is 1.63 bits per heavy atom. The summed E-state index contributed by atoms with van der Waals surface area (Å²) in [5, 5.41) is 0. The molecule has 0 saturated carbocycles. The van der Waals surface area contributed by atoms with Gasteiger partial charge in [-0.25, -0.2) is 0 Å². The molecule has 0 amide bonds. The van der Waals surface area contributed by atoms with Gasteiger partial charge in [0.2, 0.25) is 0 Å². The molecule has 1 aromatic carbocycles. The molecule has 2 nitrogen and oxygen atoms in total. The van der Waals surface area contributed by atoms with Gasteiger partial charge in [0.25, 0.3) is 0 Å². The minimum atomic E-state index is 0.987. The van der Waals surface area contributed by atoms with Crippen molar-refractivity contribution in [2.24, 2.45) is 0 Å². The summed E-state index contributed by atoms with van der Waals surface area (Å²) < 4.78 is 0. The SMILES string of the molecule is Cc1ccc(-c2cc(-c3cccnc3)ccn2)cc1. The average molecular weight is 246 g/mol. The van der Waals surface area contributed by atoms with E-state index in [1.165, 1.54) is 5.56 Å². The van der Waals surface area contributed by atoms with E-state index in [2.05, 4.69) is 53.3 Å². The van der Waals surface area contributed by atoms with Crippen LogP contribution >= 0.6 is 0 Å². The summed E-state index contributed by atoms with van der Waals surface area (Å²) in [5.41, 5.74) is 5.63. The molecule has 0 bridgehead atoms. The van der Waals surface area contributed by atoms with Crippen LogP contribution in [0.2, 0.25) is 0 Å². The Kier molecular flexibility index (Phi) is 3.07. The Morgan fingerprint density at radius 3 is 2.37 bits per heavy atom. The lowest BCUT2D eigenvalue weighted by Crippen LogP contribution is -1.86. The maximum atomic E-state index is 4.44. The van der Waals surface area contributed by atoms with Gasteiger partial charge < -0.3 is 0 Å². The van der Waals surface area contributed by atoms with Crippen LogP contribution in [0.15, 0.2) is 67.1 Å². The van der Waals surface area contributed by atoms with Crippen LogP contribution < -0.4 is 0 Å². The monoisotopic (exact) mass is 246 g/mol. The molecule has 92 valence electrons. The smallest absolute Gasteiger partial charge is 0.0708 e. The third-order valence-electron chi connectivity index (χ3n) is 3.10. The maximum absolute atomic E-state index is 4.44. The van der Waals surface area contributed by atoms with Crippen LogP contribution in [-0.2, 0) is 0 Å². The van der Waals surface area contributed by atoms with Crippen LogP contribution in [0.25, 0.3) is 22.4 Å². The first-order valence-corrected chi connectivity index (χ1v) is 6.26. The third kappa shape index (κ3) is 2.52. The first kappa shape index (κ1) is 11.6. The number of pyridine rings is 2. The summed E-state index contributed by atoms with van der Waals surface area (Å²) in [4.78, 5) is 8.60. The van der Waals surface area contributed by atoms with E-state index in [0.29, 0.717) is 0 Å². The molecule has 0 spiro atoms. The van der Waals surface area contributed by atoms with E-state index in [1.54, 1.807) is 6.20 Å². The van der Waals surface area contributed by atoms with E-state index in [0.717, 1.165) is 22.4 Å². The summed E-state index contributed by atoms with van der Waals surface area (Å²) in [6.07, 6.45) is 5.50. The molecule has 0 aliphatic rings. The zero-order valence-corrected chi connectivity index (χ0v) is 10.7. The number of benzene rings is 1. The second-order valence-electron chi connectivity index (χ2n) is 4.54. The van der Waals surface area contributed by atoms with Crippen LogP contribution in [-0.4, -0.2) is 9.97 Å². The zero-order chi connectivity index (χ0) is 13.1. The number of hydrogen-bond donors (Lipinski definition) is 0. The van der Waals surface area contributed by atoms with Gasteiger partial charge in [0.15, 0.2) is 0 Å². The van der Waals surface area contributed by atoms with E-state index in [4.69, 9.17) is 0 Å². The third-order valence-corrected chi connectivity index (χ3v) is 3.10. The van der Waals surface area contributed by atoms with Crippen molar-refractivity contribution in [1.29, 1.82) is 0 Å². The Morgan fingerprint density at radius 1 is 0.789 bits per heavy atom. The minimum absolute atomic E-state index is 0.987. The fourth-order valence-electron chi connectivity index (χ4n) is 2.03. The van der Waals surface area contributed by atoms with Crippen molar-refractivity contribution in [1.82, 2.24) is 9.97 Å². The van der Waals surface area contributed by atoms with Crippen molar-refractivity contribution in [2.75, 3.05) is 0 Å². The second-order valence-corrected chi connectivity index (χ2v) is 4.54. The Hall–Kier alpha value is -2.48. The van der Waals surface area contributed by atoms with Crippen molar-refractivity contribution in [3.8, 4) is 22.4 Å². The van der Waals surface area contributed by atoms with E-state index in [1.807, 2.05) is 24.5 Å². The standard InChI is InChI=1S/C17H14N2/c1-13-4-6-14(7-5-13)17-11-15(8-10-19-17)16-3-2-9-18-12-16/h2-12H,1H3. The van der Waals surface area contributed by atoms with Gasteiger partial charge in [0.05, 0.1) is 5.69 Å². The first-order valence-electron chi connectivity index (χ1n) is 6.26. The Bertz CT molecular complexity index is 673. The van der Waals surface area contributed by atoms with Gasteiger partial charge in [-0.2, -0.15) is 0 Å². The number of aromatic nitrogens is 2. The van der Waals surface area contributed by atoms with Crippen LogP contribution in [0.5, 0.6) is 0 Å². The number of rotatable bonds is 2. The molecule has 0 aliphatic heterocycles. The summed E-state index contributed by atoms with van der Waals surface area (Å²) >= 11 is 0. The lowest BCUT2D eigenvalue weighted by Gasteiger charge is -2.05. The topological polar surface area (TPSA) is 25.8 Å². The molecule has 0 aliphatic carbocycles. The number of nitrogens with zero attached hydrogens (tertiary/aromatic N) is 2. The van der Waals surface area contributed by atoms with E-state index >= 15 is 0 Å². The molecule has 2 heterocycles. The normalized spacial score (nSPS) is 10.4. The Balaban J connectivity index is 2.03. The molecule has 2 aromatic heterocycles. The minimum Gasteiger partial charge on any atom is -0.264 e. The predicted molar refractivity (Wildman–Crippen MR) is 77.6 cm³/mol. The van der Waals surface area contributed by atoms with Gasteiger partial charge in [0, 0.05) is 29.7 Å². The van der Waals surface area contributed by atoms with E-state index in [-0.39, 0.29) is 0 Å². The van der Waals surface area contributed by atoms with Crippen LogP contribution in [0.4, 0.5) is 0 Å². The molecular formula is C17H14N2. The Labute approximate surface area is 112 Å². The molecule has 0 radical (unpaired) electrons. The molecule has 0 atom stereocenters. The van der Waals surface area contributed by atoms with Crippen molar-refractivity contribution in [3.05, 3.63) is 72.7 Å². The first-order chi connectivity index (χ1) is 9.33. The summed E-state index contributed by atoms with van der Waals surface area (Å²) in [6.45, 7) is 2.09. The lowest BCUT2D eigenvalue weighted by atomic mass is 10.0. The van der Waals surface area contributed by atoms with Crippen molar-refractivity contribution in [3.63, 3.8) is 0 Å². The molecule has 3 aromatic rings. The van der Waals surface area contributed by atoms with Gasteiger partial charge in [-0.1, -0.05) is 35.9 Å². The average Bonchev–Trinajstić information content (AvgIpc) is 2.49. The van der Waals surface area contributed by atoms with Gasteiger partial charge in [-0.05, 0) is 30.7 Å². The molecular weight excluding hydrogens is 232 g/mol. The van der Waals surface area contributed by atoms with E-state index < -0.39 is 0 Å². The van der Waals surface area contributed by atoms with Crippen LogP contribution in [0.3, 0.4) is 0 Å². The predicted octanol–water partition coefficient (Wildman–Crippen LogP) is 4.12. The summed E-state index contributed by atoms with van der Waals surface area (Å²) in [7, 11) is 0. The second kappa shape index (κ2) is 5.02. The molecule has 2 heteroatoms.